The topological polar surface area (TPSA) is 41.4 Å². The second kappa shape index (κ2) is 8.81. The number of amides is 1. The minimum Gasteiger partial charge on any atom is -0.368 e. The lowest BCUT2D eigenvalue weighted by Crippen LogP contribution is -2.49. The molecule has 178 valence electrons. The molecular weight excluding hydrogens is 441 g/mol. The number of benzene rings is 2. The van der Waals surface area contributed by atoms with E-state index in [1.54, 1.807) is 11.0 Å². The zero-order valence-corrected chi connectivity index (χ0v) is 19.1. The summed E-state index contributed by atoms with van der Waals surface area (Å²) in [6, 6.07) is 14.0. The fourth-order valence-corrected chi connectivity index (χ4v) is 4.87. The first-order valence-corrected chi connectivity index (χ1v) is 11.6. The molecule has 1 amide bonds. The van der Waals surface area contributed by atoms with E-state index in [4.69, 9.17) is 0 Å². The number of rotatable bonds is 3. The summed E-state index contributed by atoms with van der Waals surface area (Å²) in [6.45, 7) is 4.75. The van der Waals surface area contributed by atoms with E-state index in [0.717, 1.165) is 31.3 Å². The van der Waals surface area contributed by atoms with E-state index in [2.05, 4.69) is 40.7 Å². The molecule has 5 nitrogen and oxygen atoms in total. The van der Waals surface area contributed by atoms with Crippen molar-refractivity contribution < 1.29 is 18.0 Å². The van der Waals surface area contributed by atoms with Crippen LogP contribution >= 0.6 is 0 Å². The van der Waals surface area contributed by atoms with Crippen molar-refractivity contribution in [2.75, 3.05) is 31.1 Å². The number of fused-ring (bicyclic) bond motifs is 1. The molecule has 5 rings (SSSR count). The summed E-state index contributed by atoms with van der Waals surface area (Å²) in [4.78, 5) is 21.4. The maximum absolute atomic E-state index is 13.1. The van der Waals surface area contributed by atoms with Gasteiger partial charge in [-0.25, -0.2) is 4.98 Å². The van der Waals surface area contributed by atoms with Gasteiger partial charge in [-0.1, -0.05) is 35.9 Å². The second-order valence-electron chi connectivity index (χ2n) is 9.17. The molecule has 2 aliphatic heterocycles. The molecule has 3 heterocycles. The molecule has 3 aromatic rings. The fraction of sp³-hybridized carbons (Fsp3) is 0.385. The zero-order valence-electron chi connectivity index (χ0n) is 19.1. The third kappa shape index (κ3) is 4.54. The molecule has 1 unspecified atom stereocenters. The first kappa shape index (κ1) is 22.5. The smallest absolute Gasteiger partial charge is 0.368 e. The molecule has 1 aromatic heterocycles. The Hall–Kier alpha value is -3.29. The van der Waals surface area contributed by atoms with Crippen LogP contribution in [0.15, 0.2) is 54.7 Å². The van der Waals surface area contributed by atoms with Gasteiger partial charge in [-0.2, -0.15) is 13.2 Å². The minimum atomic E-state index is -4.37. The standard InChI is InChI=1S/C26H27F3N4O/c1-18-5-7-19(8-6-18)20-9-10-24-30-23(17-33(24)16-20)25(34)32-13-11-31(12-14-32)22-4-2-3-21(15-22)26(27,28)29/h2-8,15,17,20H,9-14,16H2,1H3. The highest BCUT2D eigenvalue weighted by atomic mass is 19.4. The molecule has 0 saturated carbocycles. The number of hydrogen-bond donors (Lipinski definition) is 0. The van der Waals surface area contributed by atoms with Crippen LogP contribution in [-0.4, -0.2) is 46.5 Å². The molecule has 1 fully saturated rings. The summed E-state index contributed by atoms with van der Waals surface area (Å²) in [7, 11) is 0. The van der Waals surface area contributed by atoms with Crippen molar-refractivity contribution in [3.05, 3.63) is 82.9 Å². The van der Waals surface area contributed by atoms with E-state index in [9.17, 15) is 18.0 Å². The van der Waals surface area contributed by atoms with Gasteiger partial charge in [0, 0.05) is 56.9 Å². The third-order valence-electron chi connectivity index (χ3n) is 6.87. The number of aryl methyl sites for hydroxylation is 2. The Bertz CT molecular complexity index is 1180. The van der Waals surface area contributed by atoms with Crippen LogP contribution in [0.2, 0.25) is 0 Å². The van der Waals surface area contributed by atoms with Crippen LogP contribution in [0.3, 0.4) is 0 Å². The predicted molar refractivity (Wildman–Crippen MR) is 124 cm³/mol. The average Bonchev–Trinajstić information content (AvgIpc) is 3.27. The maximum Gasteiger partial charge on any atom is 0.416 e. The first-order chi connectivity index (χ1) is 16.3. The number of nitrogens with zero attached hydrogens (tertiary/aromatic N) is 4. The van der Waals surface area contributed by atoms with Crippen LogP contribution < -0.4 is 4.90 Å². The number of halogens is 3. The Labute approximate surface area is 196 Å². The highest BCUT2D eigenvalue weighted by molar-refractivity contribution is 5.92. The van der Waals surface area contributed by atoms with Crippen molar-refractivity contribution in [2.24, 2.45) is 0 Å². The maximum atomic E-state index is 13.1. The second-order valence-corrected chi connectivity index (χ2v) is 9.17. The van der Waals surface area contributed by atoms with Gasteiger partial charge in [0.05, 0.1) is 5.56 Å². The molecule has 0 spiro atoms. The van der Waals surface area contributed by atoms with Crippen LogP contribution in [0.1, 0.15) is 45.3 Å². The van der Waals surface area contributed by atoms with Crippen LogP contribution in [0.25, 0.3) is 0 Å². The molecule has 1 saturated heterocycles. The van der Waals surface area contributed by atoms with E-state index < -0.39 is 11.7 Å². The Morgan fingerprint density at radius 3 is 2.47 bits per heavy atom. The normalized spacial score (nSPS) is 18.6. The van der Waals surface area contributed by atoms with Crippen molar-refractivity contribution in [1.29, 1.82) is 0 Å². The Balaban J connectivity index is 1.23. The summed E-state index contributed by atoms with van der Waals surface area (Å²) in [5, 5.41) is 0. The van der Waals surface area contributed by atoms with Crippen LogP contribution in [0, 0.1) is 6.92 Å². The van der Waals surface area contributed by atoms with Crippen LogP contribution in [-0.2, 0) is 19.1 Å². The summed E-state index contributed by atoms with van der Waals surface area (Å²) < 4.78 is 41.2. The molecule has 0 aliphatic carbocycles. The van der Waals surface area contributed by atoms with Crippen molar-refractivity contribution in [2.45, 2.75) is 38.4 Å². The van der Waals surface area contributed by atoms with Crippen molar-refractivity contribution in [3.63, 3.8) is 0 Å². The van der Waals surface area contributed by atoms with Gasteiger partial charge in [0.15, 0.2) is 0 Å². The van der Waals surface area contributed by atoms with E-state index >= 15 is 0 Å². The number of piperazine rings is 1. The molecular formula is C26H27F3N4O. The summed E-state index contributed by atoms with van der Waals surface area (Å²) >= 11 is 0. The number of alkyl halides is 3. The number of carbonyl (C=O) groups is 1. The van der Waals surface area contributed by atoms with E-state index in [1.165, 1.54) is 23.3 Å². The average molecular weight is 469 g/mol. The van der Waals surface area contributed by atoms with E-state index in [-0.39, 0.29) is 5.91 Å². The summed E-state index contributed by atoms with van der Waals surface area (Å²) in [5.74, 6) is 1.23. The molecule has 1 atom stereocenters. The molecule has 0 N–H and O–H groups in total. The quantitative estimate of drug-likeness (QED) is 0.549. The van der Waals surface area contributed by atoms with Crippen molar-refractivity contribution >= 4 is 11.6 Å². The highest BCUT2D eigenvalue weighted by Gasteiger charge is 2.32. The van der Waals surface area contributed by atoms with E-state index in [0.29, 0.717) is 43.5 Å². The summed E-state index contributed by atoms with van der Waals surface area (Å²) in [6.07, 6.45) is -0.678. The lowest BCUT2D eigenvalue weighted by atomic mass is 9.91. The van der Waals surface area contributed by atoms with Gasteiger partial charge in [-0.3, -0.25) is 4.79 Å². The molecule has 8 heteroatoms. The monoisotopic (exact) mass is 468 g/mol. The minimum absolute atomic E-state index is 0.113. The first-order valence-electron chi connectivity index (χ1n) is 11.6. The highest BCUT2D eigenvalue weighted by Crippen LogP contribution is 2.32. The van der Waals surface area contributed by atoms with Gasteiger partial charge >= 0.3 is 6.18 Å². The molecule has 34 heavy (non-hydrogen) atoms. The molecule has 0 bridgehead atoms. The van der Waals surface area contributed by atoms with E-state index in [1.807, 2.05) is 11.1 Å². The number of imidazole rings is 1. The molecule has 2 aliphatic rings. The SMILES string of the molecule is Cc1ccc(C2CCc3nc(C(=O)N4CCN(c5cccc(C(F)(F)F)c5)CC4)cn3C2)cc1. The lowest BCUT2D eigenvalue weighted by molar-refractivity contribution is -0.137. The molecule has 2 aromatic carbocycles. The Morgan fingerprint density at radius 2 is 1.76 bits per heavy atom. The Kier molecular flexibility index (Phi) is 5.83. The largest absolute Gasteiger partial charge is 0.416 e. The fourth-order valence-electron chi connectivity index (χ4n) is 4.87. The number of hydrogen-bond acceptors (Lipinski definition) is 3. The number of anilines is 1. The number of carbonyl (C=O) groups excluding carboxylic acids is 1. The van der Waals surface area contributed by atoms with Gasteiger partial charge < -0.3 is 14.4 Å². The molecule has 0 radical (unpaired) electrons. The van der Waals surface area contributed by atoms with Gasteiger partial charge in [0.2, 0.25) is 0 Å². The van der Waals surface area contributed by atoms with Crippen molar-refractivity contribution in [3.8, 4) is 0 Å². The predicted octanol–water partition coefficient (Wildman–Crippen LogP) is 4.90. The zero-order chi connectivity index (χ0) is 23.9. The Morgan fingerprint density at radius 1 is 1.03 bits per heavy atom. The van der Waals surface area contributed by atoms with Crippen LogP contribution in [0.4, 0.5) is 18.9 Å². The van der Waals surface area contributed by atoms with Gasteiger partial charge in [0.1, 0.15) is 11.5 Å². The summed E-state index contributed by atoms with van der Waals surface area (Å²) in [5.41, 5.74) is 2.87. The van der Waals surface area contributed by atoms with Crippen LogP contribution in [0.5, 0.6) is 0 Å². The van der Waals surface area contributed by atoms with Gasteiger partial charge in [0.25, 0.3) is 5.91 Å². The third-order valence-corrected chi connectivity index (χ3v) is 6.87. The van der Waals surface area contributed by atoms with Gasteiger partial charge in [-0.15, -0.1) is 0 Å². The van der Waals surface area contributed by atoms with Gasteiger partial charge in [-0.05, 0) is 37.1 Å². The lowest BCUT2D eigenvalue weighted by Gasteiger charge is -2.36. The number of aromatic nitrogens is 2. The van der Waals surface area contributed by atoms with Crippen molar-refractivity contribution in [1.82, 2.24) is 14.5 Å².